The first-order valence-corrected chi connectivity index (χ1v) is 6.13. The van der Waals surface area contributed by atoms with Crippen molar-refractivity contribution in [3.05, 3.63) is 64.1 Å². The molecule has 0 unspecified atom stereocenters. The molecule has 3 nitrogen and oxygen atoms in total. The zero-order valence-corrected chi connectivity index (χ0v) is 10.8. The molecule has 0 aliphatic rings. The summed E-state index contributed by atoms with van der Waals surface area (Å²) in [5, 5.41) is 0.603. The fourth-order valence-corrected chi connectivity index (χ4v) is 2.14. The first-order valence-electron chi connectivity index (χ1n) is 6.13. The Bertz CT molecular complexity index is 804. The van der Waals surface area contributed by atoms with Crippen LogP contribution in [-0.2, 0) is 0 Å². The predicted molar refractivity (Wildman–Crippen MR) is 75.2 cm³/mol. The zero-order valence-electron chi connectivity index (χ0n) is 10.8. The number of hydrogen-bond donors (Lipinski definition) is 0. The van der Waals surface area contributed by atoms with Gasteiger partial charge in [-0.2, -0.15) is 0 Å². The molecule has 2 heterocycles. The summed E-state index contributed by atoms with van der Waals surface area (Å²) in [6, 6.07) is 11.3. The van der Waals surface area contributed by atoms with Crippen molar-refractivity contribution in [1.29, 1.82) is 0 Å². The highest BCUT2D eigenvalue weighted by Crippen LogP contribution is 2.26. The quantitative estimate of drug-likeness (QED) is 0.665. The van der Waals surface area contributed by atoms with E-state index >= 15 is 0 Å². The molecule has 0 aliphatic heterocycles. The van der Waals surface area contributed by atoms with Crippen LogP contribution in [0.15, 0.2) is 51.8 Å². The third-order valence-electron chi connectivity index (χ3n) is 3.32. The van der Waals surface area contributed by atoms with Crippen molar-refractivity contribution in [3.63, 3.8) is 0 Å². The summed E-state index contributed by atoms with van der Waals surface area (Å²) in [7, 11) is 0. The van der Waals surface area contributed by atoms with E-state index in [9.17, 15) is 4.79 Å². The Morgan fingerprint density at radius 1 is 1.05 bits per heavy atom. The molecule has 1 aromatic carbocycles. The van der Waals surface area contributed by atoms with Crippen LogP contribution >= 0.6 is 0 Å². The van der Waals surface area contributed by atoms with Crippen molar-refractivity contribution in [1.82, 2.24) is 4.98 Å². The standard InChI is InChI=1S/C16H13NO2/c1-10-11(2)19-16-12(14-8-3-4-9-17-14)6-5-7-13(16)15(10)18/h3-9H,1-2H3. The molecule has 0 aliphatic carbocycles. The van der Waals surface area contributed by atoms with Crippen LogP contribution in [0.3, 0.4) is 0 Å². The van der Waals surface area contributed by atoms with Gasteiger partial charge in [0.05, 0.1) is 11.1 Å². The molecule has 94 valence electrons. The summed E-state index contributed by atoms with van der Waals surface area (Å²) < 4.78 is 5.82. The Labute approximate surface area is 110 Å². The van der Waals surface area contributed by atoms with Gasteiger partial charge in [0.25, 0.3) is 0 Å². The number of benzene rings is 1. The monoisotopic (exact) mass is 251 g/mol. The third kappa shape index (κ3) is 1.83. The largest absolute Gasteiger partial charge is 0.460 e. The van der Waals surface area contributed by atoms with Gasteiger partial charge in [0.2, 0.25) is 0 Å². The van der Waals surface area contributed by atoms with E-state index in [1.165, 1.54) is 0 Å². The highest BCUT2D eigenvalue weighted by atomic mass is 16.3. The third-order valence-corrected chi connectivity index (χ3v) is 3.32. The van der Waals surface area contributed by atoms with Gasteiger partial charge in [-0.05, 0) is 38.1 Å². The molecule has 0 amide bonds. The van der Waals surface area contributed by atoms with Crippen LogP contribution in [0.1, 0.15) is 11.3 Å². The fraction of sp³-hybridized carbons (Fsp3) is 0.125. The average molecular weight is 251 g/mol. The molecule has 0 radical (unpaired) electrons. The van der Waals surface area contributed by atoms with E-state index in [2.05, 4.69) is 4.98 Å². The molecule has 0 saturated heterocycles. The average Bonchev–Trinajstić information content (AvgIpc) is 2.45. The molecule has 0 fully saturated rings. The minimum Gasteiger partial charge on any atom is -0.460 e. The number of hydrogen-bond acceptors (Lipinski definition) is 3. The number of nitrogens with zero attached hydrogens (tertiary/aromatic N) is 1. The number of rotatable bonds is 1. The van der Waals surface area contributed by atoms with Gasteiger partial charge in [-0.1, -0.05) is 12.1 Å². The van der Waals surface area contributed by atoms with Crippen LogP contribution in [0, 0.1) is 13.8 Å². The highest BCUT2D eigenvalue weighted by Gasteiger charge is 2.12. The van der Waals surface area contributed by atoms with Crippen molar-refractivity contribution in [2.24, 2.45) is 0 Å². The van der Waals surface area contributed by atoms with Crippen LogP contribution < -0.4 is 5.43 Å². The maximum atomic E-state index is 12.3. The molecule has 19 heavy (non-hydrogen) atoms. The van der Waals surface area contributed by atoms with Crippen LogP contribution in [0.5, 0.6) is 0 Å². The molecular weight excluding hydrogens is 238 g/mol. The maximum Gasteiger partial charge on any atom is 0.195 e. The van der Waals surface area contributed by atoms with Crippen molar-refractivity contribution >= 4 is 11.0 Å². The van der Waals surface area contributed by atoms with Crippen molar-refractivity contribution in [2.75, 3.05) is 0 Å². The van der Waals surface area contributed by atoms with Gasteiger partial charge in [-0.15, -0.1) is 0 Å². The number of aromatic nitrogens is 1. The second-order valence-corrected chi connectivity index (χ2v) is 4.51. The van der Waals surface area contributed by atoms with Gasteiger partial charge in [-0.3, -0.25) is 9.78 Å². The lowest BCUT2D eigenvalue weighted by Gasteiger charge is -2.07. The smallest absolute Gasteiger partial charge is 0.195 e. The van der Waals surface area contributed by atoms with E-state index in [-0.39, 0.29) is 5.43 Å². The molecular formula is C16H13NO2. The number of para-hydroxylation sites is 1. The van der Waals surface area contributed by atoms with Gasteiger partial charge in [0.15, 0.2) is 5.43 Å². The van der Waals surface area contributed by atoms with Crippen molar-refractivity contribution < 1.29 is 4.42 Å². The van der Waals surface area contributed by atoms with E-state index in [1.54, 1.807) is 19.2 Å². The first-order chi connectivity index (χ1) is 9.18. The second-order valence-electron chi connectivity index (χ2n) is 4.51. The number of fused-ring (bicyclic) bond motifs is 1. The maximum absolute atomic E-state index is 12.3. The summed E-state index contributed by atoms with van der Waals surface area (Å²) in [5.41, 5.74) is 2.94. The normalized spacial score (nSPS) is 10.8. The van der Waals surface area contributed by atoms with E-state index in [4.69, 9.17) is 4.42 Å². The van der Waals surface area contributed by atoms with Gasteiger partial charge < -0.3 is 4.42 Å². The topological polar surface area (TPSA) is 43.1 Å². The van der Waals surface area contributed by atoms with Crippen LogP contribution in [0.4, 0.5) is 0 Å². The van der Waals surface area contributed by atoms with E-state index in [0.29, 0.717) is 22.3 Å². The Balaban J connectivity index is 2.43. The molecule has 0 spiro atoms. The summed E-state index contributed by atoms with van der Waals surface area (Å²) in [6.07, 6.45) is 1.73. The highest BCUT2D eigenvalue weighted by molar-refractivity contribution is 5.91. The molecule has 0 bridgehead atoms. The molecule has 0 N–H and O–H groups in total. The van der Waals surface area contributed by atoms with Crippen LogP contribution in [-0.4, -0.2) is 4.98 Å². The van der Waals surface area contributed by atoms with Gasteiger partial charge in [-0.25, -0.2) is 0 Å². The van der Waals surface area contributed by atoms with E-state index in [1.807, 2.05) is 37.3 Å². The predicted octanol–water partition coefficient (Wildman–Crippen LogP) is 3.47. The molecule has 0 saturated carbocycles. The van der Waals surface area contributed by atoms with Crippen LogP contribution in [0.25, 0.3) is 22.2 Å². The Kier molecular flexibility index (Phi) is 2.67. The molecule has 2 aromatic heterocycles. The Hall–Kier alpha value is -2.42. The second kappa shape index (κ2) is 4.35. The van der Waals surface area contributed by atoms with E-state index < -0.39 is 0 Å². The van der Waals surface area contributed by atoms with Gasteiger partial charge >= 0.3 is 0 Å². The molecule has 3 aromatic rings. The molecule has 3 heteroatoms. The Morgan fingerprint density at radius 3 is 2.63 bits per heavy atom. The summed E-state index contributed by atoms with van der Waals surface area (Å²) in [5.74, 6) is 0.654. The summed E-state index contributed by atoms with van der Waals surface area (Å²) in [4.78, 5) is 16.6. The first kappa shape index (κ1) is 11.7. The number of aryl methyl sites for hydroxylation is 1. The van der Waals surface area contributed by atoms with Gasteiger partial charge in [0, 0.05) is 17.3 Å². The molecule has 3 rings (SSSR count). The minimum atomic E-state index is 0.0246. The SMILES string of the molecule is Cc1oc2c(-c3ccccn3)cccc2c(=O)c1C. The van der Waals surface area contributed by atoms with Crippen LogP contribution in [0.2, 0.25) is 0 Å². The fourth-order valence-electron chi connectivity index (χ4n) is 2.14. The number of pyridine rings is 1. The lowest BCUT2D eigenvalue weighted by Crippen LogP contribution is -2.07. The van der Waals surface area contributed by atoms with Crippen molar-refractivity contribution in [2.45, 2.75) is 13.8 Å². The van der Waals surface area contributed by atoms with Gasteiger partial charge in [0.1, 0.15) is 11.3 Å². The lowest BCUT2D eigenvalue weighted by molar-refractivity contribution is 0.559. The summed E-state index contributed by atoms with van der Waals surface area (Å²) >= 11 is 0. The zero-order chi connectivity index (χ0) is 13.4. The minimum absolute atomic E-state index is 0.0246. The van der Waals surface area contributed by atoms with Crippen molar-refractivity contribution in [3.8, 4) is 11.3 Å². The summed E-state index contributed by atoms with van der Waals surface area (Å²) in [6.45, 7) is 3.60. The lowest BCUT2D eigenvalue weighted by atomic mass is 10.1. The Morgan fingerprint density at radius 2 is 1.89 bits per heavy atom. The van der Waals surface area contributed by atoms with E-state index in [0.717, 1.165) is 11.3 Å². The molecule has 0 atom stereocenters.